The highest BCUT2D eigenvalue weighted by Gasteiger charge is 2.07. The van der Waals surface area contributed by atoms with Crippen LogP contribution in [-0.2, 0) is 4.74 Å². The van der Waals surface area contributed by atoms with Gasteiger partial charge in [-0.05, 0) is 32.4 Å². The van der Waals surface area contributed by atoms with Crippen molar-refractivity contribution in [1.82, 2.24) is 0 Å². The Morgan fingerprint density at radius 2 is 2.12 bits per heavy atom. The molecule has 0 bridgehead atoms. The zero-order valence-corrected chi connectivity index (χ0v) is 11.5. The minimum Gasteiger partial charge on any atom is -0.489 e. The summed E-state index contributed by atoms with van der Waals surface area (Å²) in [6, 6.07) is 5.92. The molecule has 0 aliphatic rings. The van der Waals surface area contributed by atoms with Gasteiger partial charge in [0, 0.05) is 24.4 Å². The molecule has 0 heterocycles. The molecule has 0 unspecified atom stereocenters. The summed E-state index contributed by atoms with van der Waals surface area (Å²) in [4.78, 5) is 1.08. The van der Waals surface area contributed by atoms with Gasteiger partial charge in [0.1, 0.15) is 5.75 Å². The van der Waals surface area contributed by atoms with Crippen molar-refractivity contribution in [2.45, 2.75) is 31.3 Å². The first-order valence-electron chi connectivity index (χ1n) is 5.82. The van der Waals surface area contributed by atoms with E-state index in [-0.39, 0.29) is 6.10 Å². The fourth-order valence-corrected chi connectivity index (χ4v) is 2.30. The molecular weight excluding hydrogens is 234 g/mol. The van der Waals surface area contributed by atoms with Crippen LogP contribution < -0.4 is 10.5 Å². The predicted molar refractivity (Wildman–Crippen MR) is 73.8 cm³/mol. The molecule has 96 valence electrons. The van der Waals surface area contributed by atoms with E-state index >= 15 is 0 Å². The van der Waals surface area contributed by atoms with Crippen LogP contribution in [0.4, 0.5) is 5.69 Å². The fraction of sp³-hybridized carbons (Fsp3) is 0.538. The highest BCUT2D eigenvalue weighted by Crippen LogP contribution is 2.33. The number of rotatable bonds is 7. The lowest BCUT2D eigenvalue weighted by Gasteiger charge is -2.14. The Kier molecular flexibility index (Phi) is 6.22. The molecule has 0 saturated carbocycles. The molecule has 0 aromatic heterocycles. The second-order valence-corrected chi connectivity index (χ2v) is 5.17. The average Bonchev–Trinajstić information content (AvgIpc) is 2.28. The molecule has 3 nitrogen and oxygen atoms in total. The fourth-order valence-electron chi connectivity index (χ4n) is 1.39. The van der Waals surface area contributed by atoms with Crippen molar-refractivity contribution in [3.63, 3.8) is 0 Å². The number of thioether (sulfide) groups is 1. The van der Waals surface area contributed by atoms with Crippen molar-refractivity contribution in [3.8, 4) is 5.75 Å². The maximum absolute atomic E-state index is 6.07. The van der Waals surface area contributed by atoms with E-state index in [0.29, 0.717) is 0 Å². The first-order valence-corrected chi connectivity index (χ1v) is 6.80. The Balaban J connectivity index is 2.59. The number of methoxy groups -OCH3 is 1. The maximum Gasteiger partial charge on any atom is 0.143 e. The van der Waals surface area contributed by atoms with Gasteiger partial charge in [-0.3, -0.25) is 0 Å². The number of benzene rings is 1. The third-order valence-electron chi connectivity index (χ3n) is 2.14. The van der Waals surface area contributed by atoms with Crippen molar-refractivity contribution in [2.24, 2.45) is 0 Å². The van der Waals surface area contributed by atoms with Crippen LogP contribution in [0.1, 0.15) is 20.3 Å². The van der Waals surface area contributed by atoms with Crippen molar-refractivity contribution in [3.05, 3.63) is 18.2 Å². The summed E-state index contributed by atoms with van der Waals surface area (Å²) in [6.07, 6.45) is 1.17. The average molecular weight is 255 g/mol. The molecule has 0 radical (unpaired) electrons. The third-order valence-corrected chi connectivity index (χ3v) is 3.30. The Morgan fingerprint density at radius 1 is 1.35 bits per heavy atom. The lowest BCUT2D eigenvalue weighted by Crippen LogP contribution is -2.07. The summed E-state index contributed by atoms with van der Waals surface area (Å²) in [5.41, 5.74) is 6.81. The van der Waals surface area contributed by atoms with Crippen LogP contribution in [0, 0.1) is 0 Å². The number of hydrogen-bond donors (Lipinski definition) is 1. The van der Waals surface area contributed by atoms with E-state index in [0.717, 1.165) is 35.1 Å². The van der Waals surface area contributed by atoms with Crippen LogP contribution in [0.3, 0.4) is 0 Å². The van der Waals surface area contributed by atoms with Crippen LogP contribution in [-0.4, -0.2) is 25.6 Å². The number of ether oxygens (including phenoxy) is 2. The number of anilines is 1. The molecule has 0 atom stereocenters. The van der Waals surface area contributed by atoms with Crippen LogP contribution in [0.25, 0.3) is 0 Å². The number of para-hydroxylation sites is 1. The third kappa shape index (κ3) is 4.88. The van der Waals surface area contributed by atoms with Crippen molar-refractivity contribution in [1.29, 1.82) is 0 Å². The Hall–Kier alpha value is -0.870. The smallest absolute Gasteiger partial charge is 0.143 e. The maximum atomic E-state index is 6.07. The zero-order valence-electron chi connectivity index (χ0n) is 10.7. The molecule has 0 spiro atoms. The summed E-state index contributed by atoms with van der Waals surface area (Å²) in [5, 5.41) is 0. The van der Waals surface area contributed by atoms with Gasteiger partial charge in [0.15, 0.2) is 0 Å². The lowest BCUT2D eigenvalue weighted by atomic mass is 10.3. The second-order valence-electron chi connectivity index (χ2n) is 4.03. The summed E-state index contributed by atoms with van der Waals surface area (Å²) in [6.45, 7) is 4.78. The minimum absolute atomic E-state index is 0.144. The molecular formula is C13H21NO2S. The van der Waals surface area contributed by atoms with Gasteiger partial charge >= 0.3 is 0 Å². The quantitative estimate of drug-likeness (QED) is 0.462. The Bertz CT molecular complexity index is 342. The van der Waals surface area contributed by atoms with Crippen LogP contribution >= 0.6 is 11.8 Å². The highest BCUT2D eigenvalue weighted by atomic mass is 32.2. The first-order chi connectivity index (χ1) is 8.15. The van der Waals surface area contributed by atoms with Gasteiger partial charge in [-0.15, -0.1) is 11.8 Å². The van der Waals surface area contributed by atoms with Gasteiger partial charge in [0.05, 0.1) is 11.8 Å². The van der Waals surface area contributed by atoms with Crippen LogP contribution in [0.15, 0.2) is 23.1 Å². The molecule has 1 rings (SSSR count). The van der Waals surface area contributed by atoms with Gasteiger partial charge in [-0.1, -0.05) is 6.07 Å². The van der Waals surface area contributed by atoms with Gasteiger partial charge < -0.3 is 15.2 Å². The van der Waals surface area contributed by atoms with E-state index < -0.39 is 0 Å². The van der Waals surface area contributed by atoms with E-state index in [9.17, 15) is 0 Å². The molecule has 1 aromatic rings. The summed E-state index contributed by atoms with van der Waals surface area (Å²) < 4.78 is 10.7. The number of nitrogens with two attached hydrogens (primary N) is 1. The molecule has 0 saturated heterocycles. The summed E-state index contributed by atoms with van der Waals surface area (Å²) in [7, 11) is 1.72. The lowest BCUT2D eigenvalue weighted by molar-refractivity contribution is 0.200. The predicted octanol–water partition coefficient (Wildman–Crippen LogP) is 3.18. The van der Waals surface area contributed by atoms with Crippen molar-refractivity contribution >= 4 is 17.4 Å². The van der Waals surface area contributed by atoms with Crippen molar-refractivity contribution in [2.75, 3.05) is 25.2 Å². The molecule has 1 aromatic carbocycles. The van der Waals surface area contributed by atoms with E-state index in [1.165, 1.54) is 0 Å². The molecule has 4 heteroatoms. The van der Waals surface area contributed by atoms with Gasteiger partial charge in [0.2, 0.25) is 0 Å². The van der Waals surface area contributed by atoms with E-state index in [1.54, 1.807) is 18.9 Å². The molecule has 0 aliphatic heterocycles. The van der Waals surface area contributed by atoms with E-state index in [1.807, 2.05) is 32.0 Å². The largest absolute Gasteiger partial charge is 0.489 e. The van der Waals surface area contributed by atoms with Gasteiger partial charge in [-0.25, -0.2) is 0 Å². The summed E-state index contributed by atoms with van der Waals surface area (Å²) in [5.74, 6) is 1.78. The van der Waals surface area contributed by atoms with Crippen LogP contribution in [0.2, 0.25) is 0 Å². The first kappa shape index (κ1) is 14.2. The number of nitrogen functional groups attached to an aromatic ring is 1. The normalized spacial score (nSPS) is 10.8. The zero-order chi connectivity index (χ0) is 12.7. The second kappa shape index (κ2) is 7.45. The molecule has 17 heavy (non-hydrogen) atoms. The standard InChI is InChI=1S/C13H21NO2S/c1-10(2)16-11-6-4-7-12(13(11)14)17-9-5-8-15-3/h4,6-7,10H,5,8-9,14H2,1-3H3. The van der Waals surface area contributed by atoms with Gasteiger partial charge in [-0.2, -0.15) is 0 Å². The molecule has 0 fully saturated rings. The van der Waals surface area contributed by atoms with Crippen molar-refractivity contribution < 1.29 is 9.47 Å². The molecule has 0 amide bonds. The SMILES string of the molecule is COCCCSc1cccc(OC(C)C)c1N. The van der Waals surface area contributed by atoms with Gasteiger partial charge in [0.25, 0.3) is 0 Å². The van der Waals surface area contributed by atoms with E-state index in [4.69, 9.17) is 15.2 Å². The Labute approximate surface area is 108 Å². The Morgan fingerprint density at radius 3 is 2.76 bits per heavy atom. The topological polar surface area (TPSA) is 44.5 Å². The molecule has 2 N–H and O–H groups in total. The van der Waals surface area contributed by atoms with E-state index in [2.05, 4.69) is 0 Å². The highest BCUT2D eigenvalue weighted by molar-refractivity contribution is 7.99. The number of hydrogen-bond acceptors (Lipinski definition) is 4. The summed E-state index contributed by atoms with van der Waals surface area (Å²) >= 11 is 1.74. The molecule has 0 aliphatic carbocycles. The monoisotopic (exact) mass is 255 g/mol. The minimum atomic E-state index is 0.144. The van der Waals surface area contributed by atoms with Crippen LogP contribution in [0.5, 0.6) is 5.75 Å².